The molecule has 338 valence electrons. The molecule has 17 heteroatoms. The van der Waals surface area contributed by atoms with Gasteiger partial charge >= 0.3 is 11.9 Å². The lowest BCUT2D eigenvalue weighted by Gasteiger charge is -2.32. The lowest BCUT2D eigenvalue weighted by Crippen LogP contribution is -2.61. The molecule has 0 aliphatic rings. The third-order valence-electron chi connectivity index (χ3n) is 8.55. The number of hydrogen-bond donors (Lipinski definition) is 6. The Bertz CT molecular complexity index is 1800. The summed E-state index contributed by atoms with van der Waals surface area (Å²) in [5.74, 6) is -5.29. The Morgan fingerprint density at radius 3 is 1.70 bits per heavy atom. The highest BCUT2D eigenvalue weighted by molar-refractivity contribution is 5.97. The molecule has 0 heterocycles. The van der Waals surface area contributed by atoms with Gasteiger partial charge in [0, 0.05) is 12.8 Å². The highest BCUT2D eigenvalue weighted by atomic mass is 16.6. The normalized spacial score (nSPS) is 14.8. The quantitative estimate of drug-likeness (QED) is 0.0990. The molecule has 0 aliphatic heterocycles. The van der Waals surface area contributed by atoms with Crippen molar-refractivity contribution in [3.8, 4) is 5.75 Å². The number of ether oxygens (including phenoxy) is 4. The van der Waals surface area contributed by atoms with Gasteiger partial charge in [0.1, 0.15) is 41.1 Å². The van der Waals surface area contributed by atoms with E-state index in [1.54, 1.807) is 103 Å². The first-order valence-electron chi connectivity index (χ1n) is 20.2. The van der Waals surface area contributed by atoms with E-state index in [0.717, 1.165) is 12.7 Å². The Morgan fingerprint density at radius 2 is 1.18 bits per heavy atom. The fraction of sp³-hybridized carbons (Fsp3) is 0.568. The molecule has 2 aromatic carbocycles. The van der Waals surface area contributed by atoms with E-state index in [1.165, 1.54) is 0 Å². The van der Waals surface area contributed by atoms with Crippen molar-refractivity contribution < 1.29 is 52.5 Å². The van der Waals surface area contributed by atoms with Gasteiger partial charge in [-0.3, -0.25) is 28.8 Å². The van der Waals surface area contributed by atoms with Crippen LogP contribution in [0.2, 0.25) is 0 Å². The van der Waals surface area contributed by atoms with Crippen molar-refractivity contribution in [2.75, 3.05) is 7.11 Å². The van der Waals surface area contributed by atoms with E-state index in [4.69, 9.17) is 30.4 Å². The average molecular weight is 855 g/mol. The predicted octanol–water partition coefficient (Wildman–Crippen LogP) is 2.29. The number of amides is 5. The number of esters is 2. The lowest BCUT2D eigenvalue weighted by atomic mass is 10.0. The maximum Gasteiger partial charge on any atom is 0.328 e. The van der Waals surface area contributed by atoms with Crippen LogP contribution in [0, 0.1) is 0 Å². The highest BCUT2D eigenvalue weighted by Gasteiger charge is 2.37. The van der Waals surface area contributed by atoms with E-state index in [0.29, 0.717) is 11.3 Å². The molecule has 6 atom stereocenters. The van der Waals surface area contributed by atoms with Crippen LogP contribution in [0.5, 0.6) is 5.75 Å². The Kier molecular flexibility index (Phi) is 19.4. The van der Waals surface area contributed by atoms with Crippen molar-refractivity contribution in [3.05, 3.63) is 65.7 Å². The number of primary amides is 1. The molecule has 5 amide bonds. The zero-order valence-electron chi connectivity index (χ0n) is 37.3. The monoisotopic (exact) mass is 854 g/mol. The van der Waals surface area contributed by atoms with Crippen LogP contribution in [-0.2, 0) is 60.6 Å². The van der Waals surface area contributed by atoms with Crippen LogP contribution in [0.15, 0.2) is 54.6 Å². The molecular formula is C44H66N6O11. The summed E-state index contributed by atoms with van der Waals surface area (Å²) >= 11 is 0. The molecule has 0 radical (unpaired) electrons. The summed E-state index contributed by atoms with van der Waals surface area (Å²) in [5, 5.41) is 10.3. The molecule has 0 fully saturated rings. The van der Waals surface area contributed by atoms with Crippen LogP contribution in [-0.4, -0.2) is 102 Å². The first-order valence-corrected chi connectivity index (χ1v) is 20.2. The van der Waals surface area contributed by atoms with Gasteiger partial charge in [-0.05, 0) is 105 Å². The van der Waals surface area contributed by atoms with Crippen LogP contribution >= 0.6 is 0 Å². The maximum absolute atomic E-state index is 14.1. The molecule has 0 saturated carbocycles. The maximum atomic E-state index is 14.1. The minimum atomic E-state index is -1.64. The van der Waals surface area contributed by atoms with Crippen molar-refractivity contribution in [2.24, 2.45) is 11.5 Å². The van der Waals surface area contributed by atoms with Gasteiger partial charge in [0.25, 0.3) is 0 Å². The Balaban J connectivity index is 2.41. The lowest BCUT2D eigenvalue weighted by molar-refractivity contribution is -0.156. The molecule has 0 unspecified atom stereocenters. The number of carbonyl (C=O) groups excluding carboxylic acids is 7. The van der Waals surface area contributed by atoms with Gasteiger partial charge in [-0.25, -0.2) is 4.79 Å². The number of rotatable bonds is 21. The summed E-state index contributed by atoms with van der Waals surface area (Å²) in [4.78, 5) is 93.4. The first kappa shape index (κ1) is 51.6. The number of nitrogens with one attached hydrogen (secondary N) is 4. The van der Waals surface area contributed by atoms with Crippen LogP contribution in [0.3, 0.4) is 0 Å². The van der Waals surface area contributed by atoms with Gasteiger partial charge in [-0.15, -0.1) is 0 Å². The molecule has 8 N–H and O–H groups in total. The molecular weight excluding hydrogens is 789 g/mol. The van der Waals surface area contributed by atoms with Crippen molar-refractivity contribution in [3.63, 3.8) is 0 Å². The predicted molar refractivity (Wildman–Crippen MR) is 228 cm³/mol. The van der Waals surface area contributed by atoms with Crippen molar-refractivity contribution in [2.45, 2.75) is 154 Å². The number of benzene rings is 2. The molecule has 61 heavy (non-hydrogen) atoms. The van der Waals surface area contributed by atoms with Crippen LogP contribution < -0.4 is 37.5 Å². The fourth-order valence-electron chi connectivity index (χ4n) is 5.98. The Labute approximate surface area is 359 Å². The highest BCUT2D eigenvalue weighted by Crippen LogP contribution is 2.20. The minimum Gasteiger partial charge on any atom is -0.488 e. The first-order chi connectivity index (χ1) is 28.2. The molecule has 0 spiro atoms. The second-order valence-electron chi connectivity index (χ2n) is 17.8. The summed E-state index contributed by atoms with van der Waals surface area (Å²) in [6, 6.07) is 8.96. The smallest absolute Gasteiger partial charge is 0.328 e. The van der Waals surface area contributed by atoms with Gasteiger partial charge in [-0.1, -0.05) is 42.5 Å². The van der Waals surface area contributed by atoms with Gasteiger partial charge in [-0.2, -0.15) is 0 Å². The van der Waals surface area contributed by atoms with Crippen LogP contribution in [0.25, 0.3) is 0 Å². The second kappa shape index (κ2) is 22.9. The largest absolute Gasteiger partial charge is 0.488 e. The second-order valence-corrected chi connectivity index (χ2v) is 17.8. The summed E-state index contributed by atoms with van der Waals surface area (Å²) in [6.07, 6.45) is -2.24. The van der Waals surface area contributed by atoms with Crippen molar-refractivity contribution in [1.29, 1.82) is 0 Å². The van der Waals surface area contributed by atoms with Crippen LogP contribution in [0.4, 0.5) is 0 Å². The van der Waals surface area contributed by atoms with E-state index in [2.05, 4.69) is 21.3 Å². The molecule has 17 nitrogen and oxygen atoms in total. The van der Waals surface area contributed by atoms with Gasteiger partial charge in [0.15, 0.2) is 0 Å². The van der Waals surface area contributed by atoms with Gasteiger partial charge in [0.05, 0.1) is 31.3 Å². The Morgan fingerprint density at radius 1 is 0.639 bits per heavy atom. The molecule has 0 aliphatic carbocycles. The summed E-state index contributed by atoms with van der Waals surface area (Å²) in [6.45, 7) is 17.4. The van der Waals surface area contributed by atoms with E-state index in [1.807, 2.05) is 20.8 Å². The minimum absolute atomic E-state index is 0.0218. The number of methoxy groups -OCH3 is 1. The SMILES string of the molecule is COC(=O)[C@H](Cc1ccccc1)NC(=O)[C@H](CC(=O)OC(C)(C)C)NC(=O)[C@H](CCC(N)=O)NC(=O)[C@@H](NC(=O)[C@@H](N)Cc1ccc(OC(C)(C)C)cc1)[C@@H](C)OC(C)(C)C. The summed E-state index contributed by atoms with van der Waals surface area (Å²) in [5.41, 5.74) is 11.0. The average Bonchev–Trinajstić information content (AvgIpc) is 3.13. The van der Waals surface area contributed by atoms with E-state index in [-0.39, 0.29) is 25.7 Å². The topological polar surface area (TPSA) is 257 Å². The van der Waals surface area contributed by atoms with Crippen molar-refractivity contribution >= 4 is 41.5 Å². The standard InChI is InChI=1S/C44H66N6O11/c1-26(59-42(2,3)4)36(50-37(53)30(45)23-28-17-19-29(20-18-28)60-43(5,6)7)40(56)47-31(21-22-34(46)51)38(54)48-32(25-35(52)61-44(8,9)10)39(55)49-33(41(57)58-11)24-27-15-13-12-14-16-27/h12-20,26,30-33,36H,21-25,45H2,1-11H3,(H2,46,51)(H,47,56)(H,48,54)(H,49,55)(H,50,53)/t26-,30+,31+,32+,33+,36+/m1/s1. The zero-order valence-corrected chi connectivity index (χ0v) is 37.3. The molecule has 0 saturated heterocycles. The molecule has 0 aromatic heterocycles. The van der Waals surface area contributed by atoms with E-state index in [9.17, 15) is 33.6 Å². The molecule has 2 rings (SSSR count). The summed E-state index contributed by atoms with van der Waals surface area (Å²) in [7, 11) is 1.15. The Hall–Kier alpha value is -5.55. The third-order valence-corrected chi connectivity index (χ3v) is 8.55. The molecule has 2 aromatic rings. The van der Waals surface area contributed by atoms with Gasteiger partial charge < -0.3 is 51.7 Å². The number of nitrogens with two attached hydrogens (primary N) is 2. The third kappa shape index (κ3) is 20.0. The zero-order chi connectivity index (χ0) is 46.3. The molecule has 0 bridgehead atoms. The van der Waals surface area contributed by atoms with E-state index >= 15 is 0 Å². The fourth-order valence-corrected chi connectivity index (χ4v) is 5.98. The number of carbonyl (C=O) groups is 7. The van der Waals surface area contributed by atoms with Crippen LogP contribution in [0.1, 0.15) is 99.6 Å². The van der Waals surface area contributed by atoms with Gasteiger partial charge in [0.2, 0.25) is 29.5 Å². The number of hydrogen-bond acceptors (Lipinski definition) is 12. The van der Waals surface area contributed by atoms with E-state index < -0.39 is 101 Å². The van der Waals surface area contributed by atoms with Crippen molar-refractivity contribution in [1.82, 2.24) is 21.3 Å². The summed E-state index contributed by atoms with van der Waals surface area (Å²) < 4.78 is 22.3.